The molecule has 2 heterocycles. The topological polar surface area (TPSA) is 55.6 Å². The summed E-state index contributed by atoms with van der Waals surface area (Å²) >= 11 is 0. The van der Waals surface area contributed by atoms with E-state index in [0.717, 1.165) is 29.2 Å². The maximum Gasteiger partial charge on any atom is 0.573 e. The zero-order chi connectivity index (χ0) is 18.0. The first-order valence-corrected chi connectivity index (χ1v) is 7.39. The van der Waals surface area contributed by atoms with Gasteiger partial charge < -0.3 is 14.5 Å². The number of carbonyl (C=O) groups excluding carboxylic acids is 1. The minimum absolute atomic E-state index is 0.105. The lowest BCUT2D eigenvalue weighted by Gasteiger charge is -2.10. The molecule has 0 atom stereocenters. The Hall–Kier alpha value is -3.03. The van der Waals surface area contributed by atoms with Gasteiger partial charge in [0.05, 0.1) is 12.1 Å². The lowest BCUT2D eigenvalue weighted by Crippen LogP contribution is -2.17. The number of benzene rings is 1. The smallest absolute Gasteiger partial charge is 0.406 e. The highest BCUT2D eigenvalue weighted by atomic mass is 19.4. The van der Waals surface area contributed by atoms with E-state index in [1.165, 1.54) is 12.1 Å². The third-order valence-electron chi connectivity index (χ3n) is 3.41. The number of aromatic nitrogens is 2. The van der Waals surface area contributed by atoms with Gasteiger partial charge in [-0.05, 0) is 43.3 Å². The van der Waals surface area contributed by atoms with Gasteiger partial charge in [-0.1, -0.05) is 6.07 Å². The maximum absolute atomic E-state index is 12.2. The van der Waals surface area contributed by atoms with Gasteiger partial charge in [0.25, 0.3) is 0 Å². The Labute approximate surface area is 141 Å². The number of nitrogens with zero attached hydrogens (tertiary/aromatic N) is 2. The van der Waals surface area contributed by atoms with Crippen molar-refractivity contribution < 1.29 is 22.7 Å². The van der Waals surface area contributed by atoms with E-state index in [-0.39, 0.29) is 18.1 Å². The molecule has 5 nitrogen and oxygen atoms in total. The quantitative estimate of drug-likeness (QED) is 0.781. The van der Waals surface area contributed by atoms with Crippen molar-refractivity contribution in [3.05, 3.63) is 60.0 Å². The van der Waals surface area contributed by atoms with E-state index in [1.807, 2.05) is 35.7 Å². The second-order valence-corrected chi connectivity index (χ2v) is 5.42. The second kappa shape index (κ2) is 6.46. The SMILES string of the molecule is Cc1cn2c(CC(=O)Nc3ccc(OC(F)(F)F)cc3)cccc2n1. The van der Waals surface area contributed by atoms with Crippen LogP contribution in [0.3, 0.4) is 0 Å². The summed E-state index contributed by atoms with van der Waals surface area (Å²) in [6.07, 6.45) is -2.80. The number of pyridine rings is 1. The molecule has 0 aliphatic carbocycles. The van der Waals surface area contributed by atoms with Gasteiger partial charge >= 0.3 is 6.36 Å². The fourth-order valence-electron chi connectivity index (χ4n) is 2.44. The standard InChI is InChI=1S/C17H14F3N3O2/c1-11-10-23-13(3-2-4-15(23)21-11)9-16(24)22-12-5-7-14(8-6-12)25-17(18,19)20/h2-8,10H,9H2,1H3,(H,22,24). The molecule has 25 heavy (non-hydrogen) atoms. The molecule has 0 radical (unpaired) electrons. The monoisotopic (exact) mass is 349 g/mol. The second-order valence-electron chi connectivity index (χ2n) is 5.42. The fraction of sp³-hybridized carbons (Fsp3) is 0.176. The number of carbonyl (C=O) groups is 1. The van der Waals surface area contributed by atoms with Gasteiger partial charge in [0.1, 0.15) is 11.4 Å². The van der Waals surface area contributed by atoms with Crippen molar-refractivity contribution in [2.45, 2.75) is 19.7 Å². The zero-order valence-corrected chi connectivity index (χ0v) is 13.2. The van der Waals surface area contributed by atoms with E-state index in [9.17, 15) is 18.0 Å². The van der Waals surface area contributed by atoms with Crippen molar-refractivity contribution in [2.75, 3.05) is 5.32 Å². The number of anilines is 1. The van der Waals surface area contributed by atoms with Gasteiger partial charge in [0.15, 0.2) is 0 Å². The Morgan fingerprint density at radius 2 is 1.92 bits per heavy atom. The summed E-state index contributed by atoms with van der Waals surface area (Å²) in [5.41, 5.74) is 2.73. The molecule has 0 saturated heterocycles. The van der Waals surface area contributed by atoms with Crippen LogP contribution in [0, 0.1) is 6.92 Å². The van der Waals surface area contributed by atoms with Gasteiger partial charge in [-0.15, -0.1) is 13.2 Å². The van der Waals surface area contributed by atoms with Gasteiger partial charge in [0.2, 0.25) is 5.91 Å². The number of rotatable bonds is 4. The number of halogens is 3. The first-order valence-electron chi connectivity index (χ1n) is 7.39. The molecule has 3 aromatic rings. The number of alkyl halides is 3. The van der Waals surface area contributed by atoms with Crippen molar-refractivity contribution in [3.63, 3.8) is 0 Å². The average Bonchev–Trinajstić information content (AvgIpc) is 2.89. The Morgan fingerprint density at radius 1 is 1.20 bits per heavy atom. The van der Waals surface area contributed by atoms with Gasteiger partial charge in [-0.25, -0.2) is 4.98 Å². The van der Waals surface area contributed by atoms with E-state index < -0.39 is 6.36 Å². The highest BCUT2D eigenvalue weighted by Crippen LogP contribution is 2.24. The fourth-order valence-corrected chi connectivity index (χ4v) is 2.44. The molecule has 2 aromatic heterocycles. The van der Waals surface area contributed by atoms with Crippen LogP contribution in [0.4, 0.5) is 18.9 Å². The Balaban J connectivity index is 1.68. The van der Waals surface area contributed by atoms with E-state index in [2.05, 4.69) is 15.0 Å². The molecule has 130 valence electrons. The molecule has 0 aliphatic rings. The van der Waals surface area contributed by atoms with E-state index in [1.54, 1.807) is 0 Å². The predicted octanol–water partition coefficient (Wildman–Crippen LogP) is 3.72. The number of fused-ring (bicyclic) bond motifs is 1. The molecular weight excluding hydrogens is 335 g/mol. The number of hydrogen-bond donors (Lipinski definition) is 1. The van der Waals surface area contributed by atoms with Crippen molar-refractivity contribution in [1.82, 2.24) is 9.38 Å². The lowest BCUT2D eigenvalue weighted by molar-refractivity contribution is -0.274. The molecule has 0 saturated carbocycles. The highest BCUT2D eigenvalue weighted by Gasteiger charge is 2.30. The third kappa shape index (κ3) is 4.28. The minimum Gasteiger partial charge on any atom is -0.406 e. The normalized spacial score (nSPS) is 11.5. The molecule has 1 aromatic carbocycles. The largest absolute Gasteiger partial charge is 0.573 e. The lowest BCUT2D eigenvalue weighted by atomic mass is 10.2. The van der Waals surface area contributed by atoms with E-state index >= 15 is 0 Å². The minimum atomic E-state index is -4.74. The van der Waals surface area contributed by atoms with Crippen LogP contribution in [0.5, 0.6) is 5.75 Å². The third-order valence-corrected chi connectivity index (χ3v) is 3.41. The number of nitrogens with one attached hydrogen (secondary N) is 1. The summed E-state index contributed by atoms with van der Waals surface area (Å²) in [5.74, 6) is -0.632. The molecule has 0 aliphatic heterocycles. The summed E-state index contributed by atoms with van der Waals surface area (Å²) in [7, 11) is 0. The van der Waals surface area contributed by atoms with Gasteiger partial charge in [-0.3, -0.25) is 4.79 Å². The van der Waals surface area contributed by atoms with Gasteiger partial charge in [-0.2, -0.15) is 0 Å². The van der Waals surface area contributed by atoms with Crippen molar-refractivity contribution in [1.29, 1.82) is 0 Å². The van der Waals surface area contributed by atoms with Crippen LogP contribution in [-0.2, 0) is 11.2 Å². The molecule has 1 N–H and O–H groups in total. The van der Waals surface area contributed by atoms with E-state index in [0.29, 0.717) is 5.69 Å². The van der Waals surface area contributed by atoms with Crippen LogP contribution in [-0.4, -0.2) is 21.7 Å². The Kier molecular flexibility index (Phi) is 4.35. The van der Waals surface area contributed by atoms with Crippen LogP contribution in [0.2, 0.25) is 0 Å². The molecule has 0 unspecified atom stereocenters. The predicted molar refractivity (Wildman–Crippen MR) is 85.4 cm³/mol. The number of hydrogen-bond acceptors (Lipinski definition) is 3. The van der Waals surface area contributed by atoms with Crippen LogP contribution in [0.1, 0.15) is 11.4 Å². The maximum atomic E-state index is 12.2. The van der Waals surface area contributed by atoms with E-state index in [4.69, 9.17) is 0 Å². The van der Waals surface area contributed by atoms with Gasteiger partial charge in [0, 0.05) is 17.6 Å². The summed E-state index contributed by atoms with van der Waals surface area (Å²) < 4.78 is 42.0. The molecule has 0 spiro atoms. The highest BCUT2D eigenvalue weighted by molar-refractivity contribution is 5.92. The molecular formula is C17H14F3N3O2. The molecule has 0 fully saturated rings. The summed E-state index contributed by atoms with van der Waals surface area (Å²) in [6, 6.07) is 10.4. The summed E-state index contributed by atoms with van der Waals surface area (Å²) in [4.78, 5) is 16.5. The number of ether oxygens (including phenoxy) is 1. The molecule has 0 bridgehead atoms. The summed E-state index contributed by atoms with van der Waals surface area (Å²) in [5, 5.41) is 2.64. The van der Waals surface area contributed by atoms with Crippen molar-refractivity contribution >= 4 is 17.2 Å². The van der Waals surface area contributed by atoms with Crippen molar-refractivity contribution in [3.8, 4) is 5.75 Å². The van der Waals surface area contributed by atoms with Crippen LogP contribution in [0.15, 0.2) is 48.7 Å². The van der Waals surface area contributed by atoms with Crippen LogP contribution in [0.25, 0.3) is 5.65 Å². The number of imidazole rings is 1. The van der Waals surface area contributed by atoms with Crippen molar-refractivity contribution in [2.24, 2.45) is 0 Å². The van der Waals surface area contributed by atoms with Crippen LogP contribution < -0.4 is 10.1 Å². The first-order chi connectivity index (χ1) is 11.8. The number of aryl methyl sites for hydroxylation is 1. The Morgan fingerprint density at radius 3 is 2.60 bits per heavy atom. The Bertz CT molecular complexity index is 902. The summed E-state index contributed by atoms with van der Waals surface area (Å²) in [6.45, 7) is 1.86. The molecule has 1 amide bonds. The molecule has 8 heteroatoms. The zero-order valence-electron chi connectivity index (χ0n) is 13.2. The number of amides is 1. The first kappa shape index (κ1) is 16.8. The molecule has 3 rings (SSSR count). The van der Waals surface area contributed by atoms with Crippen LogP contribution >= 0.6 is 0 Å². The average molecular weight is 349 g/mol.